The van der Waals surface area contributed by atoms with E-state index in [4.69, 9.17) is 5.73 Å². The molecule has 0 bridgehead atoms. The lowest BCUT2D eigenvalue weighted by molar-refractivity contribution is -0.0834. The Balaban J connectivity index is 0.00000180. The summed E-state index contributed by atoms with van der Waals surface area (Å²) in [5.74, 6) is -4.24. The highest BCUT2D eigenvalue weighted by molar-refractivity contribution is 14.0. The Kier molecular flexibility index (Phi) is 4.99. The standard InChI is InChI=1S/C11H11F4N3.HI/c12-6-1-2-8(13)9(3-6)18-10(16)17-7-4-11(14,15)5-7;/h1-3,7H,4-5H2,(H3,16,17,18);1H. The van der Waals surface area contributed by atoms with E-state index >= 15 is 0 Å². The van der Waals surface area contributed by atoms with E-state index in [1.54, 1.807) is 0 Å². The van der Waals surface area contributed by atoms with E-state index < -0.39 is 23.6 Å². The molecule has 0 unspecified atom stereocenters. The van der Waals surface area contributed by atoms with E-state index in [2.05, 4.69) is 10.3 Å². The Morgan fingerprint density at radius 2 is 1.95 bits per heavy atom. The monoisotopic (exact) mass is 389 g/mol. The van der Waals surface area contributed by atoms with Gasteiger partial charge in [-0.3, -0.25) is 0 Å². The first-order chi connectivity index (χ1) is 8.35. The number of guanidine groups is 1. The van der Waals surface area contributed by atoms with Gasteiger partial charge >= 0.3 is 0 Å². The van der Waals surface area contributed by atoms with Gasteiger partial charge in [0.15, 0.2) is 5.96 Å². The van der Waals surface area contributed by atoms with Crippen LogP contribution in [0, 0.1) is 11.6 Å². The van der Waals surface area contributed by atoms with Crippen molar-refractivity contribution in [1.82, 2.24) is 0 Å². The summed E-state index contributed by atoms with van der Waals surface area (Å²) < 4.78 is 51.2. The molecular weight excluding hydrogens is 377 g/mol. The molecule has 0 radical (unpaired) electrons. The summed E-state index contributed by atoms with van der Waals surface area (Å²) in [5.41, 5.74) is 5.25. The molecule has 2 rings (SSSR count). The molecule has 0 amide bonds. The van der Waals surface area contributed by atoms with Crippen molar-refractivity contribution in [3.63, 3.8) is 0 Å². The van der Waals surface area contributed by atoms with E-state index in [9.17, 15) is 17.6 Å². The zero-order chi connectivity index (χ0) is 13.3. The number of nitrogens with one attached hydrogen (secondary N) is 1. The van der Waals surface area contributed by atoms with Crippen LogP contribution in [-0.4, -0.2) is 17.9 Å². The van der Waals surface area contributed by atoms with Crippen LogP contribution in [0.2, 0.25) is 0 Å². The van der Waals surface area contributed by atoms with Crippen LogP contribution in [0.5, 0.6) is 0 Å². The molecule has 3 N–H and O–H groups in total. The summed E-state index contributed by atoms with van der Waals surface area (Å²) >= 11 is 0. The Hall–Kier alpha value is -1.06. The molecule has 0 atom stereocenters. The number of aliphatic imine (C=N–C) groups is 1. The summed E-state index contributed by atoms with van der Waals surface area (Å²) in [4.78, 5) is 3.76. The number of alkyl halides is 2. The minimum Gasteiger partial charge on any atom is -0.370 e. The zero-order valence-electron chi connectivity index (χ0n) is 9.67. The third kappa shape index (κ3) is 4.22. The molecule has 1 aliphatic rings. The molecule has 1 aromatic carbocycles. The van der Waals surface area contributed by atoms with Crippen molar-refractivity contribution in [2.45, 2.75) is 24.8 Å². The van der Waals surface area contributed by atoms with Crippen LogP contribution in [0.1, 0.15) is 12.8 Å². The second kappa shape index (κ2) is 5.93. The van der Waals surface area contributed by atoms with Gasteiger partial charge in [0, 0.05) is 18.9 Å². The number of hydrogen-bond acceptors (Lipinski definition) is 1. The third-order valence-electron chi connectivity index (χ3n) is 2.58. The molecule has 1 fully saturated rings. The number of nitrogens with zero attached hydrogens (tertiary/aromatic N) is 1. The van der Waals surface area contributed by atoms with Crippen molar-refractivity contribution < 1.29 is 17.6 Å². The minimum absolute atomic E-state index is 0. The molecule has 106 valence electrons. The molecule has 0 heterocycles. The lowest BCUT2D eigenvalue weighted by atomic mass is 9.89. The lowest BCUT2D eigenvalue weighted by Crippen LogP contribution is -2.40. The van der Waals surface area contributed by atoms with E-state index in [1.165, 1.54) is 0 Å². The van der Waals surface area contributed by atoms with Gasteiger partial charge in [-0.2, -0.15) is 0 Å². The Morgan fingerprint density at radius 3 is 2.53 bits per heavy atom. The first-order valence-electron chi connectivity index (χ1n) is 5.29. The van der Waals surface area contributed by atoms with Gasteiger partial charge in [0.2, 0.25) is 0 Å². The molecule has 1 saturated carbocycles. The molecule has 0 spiro atoms. The van der Waals surface area contributed by atoms with Crippen LogP contribution in [0.25, 0.3) is 0 Å². The fraction of sp³-hybridized carbons (Fsp3) is 0.364. The number of benzene rings is 1. The molecule has 3 nitrogen and oxygen atoms in total. The average molecular weight is 389 g/mol. The second-order valence-corrected chi connectivity index (χ2v) is 4.18. The number of nitrogens with two attached hydrogens (primary N) is 1. The van der Waals surface area contributed by atoms with Crippen LogP contribution >= 0.6 is 24.0 Å². The molecule has 19 heavy (non-hydrogen) atoms. The Labute approximate surface area is 124 Å². The molecule has 8 heteroatoms. The van der Waals surface area contributed by atoms with Crippen LogP contribution in [0.4, 0.5) is 23.2 Å². The zero-order valence-corrected chi connectivity index (χ0v) is 12.0. The smallest absolute Gasteiger partial charge is 0.252 e. The SMILES string of the molecule is I.NC(=NC1CC(F)(F)C1)Nc1cc(F)ccc1F. The van der Waals surface area contributed by atoms with Crippen molar-refractivity contribution in [2.75, 3.05) is 5.32 Å². The number of rotatable bonds is 2. The van der Waals surface area contributed by atoms with Gasteiger partial charge < -0.3 is 11.1 Å². The van der Waals surface area contributed by atoms with Crippen molar-refractivity contribution in [1.29, 1.82) is 0 Å². The van der Waals surface area contributed by atoms with E-state index in [0.29, 0.717) is 0 Å². The van der Waals surface area contributed by atoms with Crippen LogP contribution in [0.3, 0.4) is 0 Å². The highest BCUT2D eigenvalue weighted by Crippen LogP contribution is 2.39. The first-order valence-corrected chi connectivity index (χ1v) is 5.29. The summed E-state index contributed by atoms with van der Waals surface area (Å²) in [6.07, 6.45) is -0.748. The molecule has 1 aliphatic carbocycles. The second-order valence-electron chi connectivity index (χ2n) is 4.18. The number of hydrogen-bond donors (Lipinski definition) is 2. The molecule has 1 aromatic rings. The van der Waals surface area contributed by atoms with Gasteiger partial charge in [-0.05, 0) is 12.1 Å². The van der Waals surface area contributed by atoms with Gasteiger partial charge in [-0.1, -0.05) is 0 Å². The van der Waals surface area contributed by atoms with Crippen molar-refractivity contribution in [3.8, 4) is 0 Å². The molecule has 0 saturated heterocycles. The van der Waals surface area contributed by atoms with Crippen molar-refractivity contribution in [2.24, 2.45) is 10.7 Å². The molecule has 0 aliphatic heterocycles. The summed E-state index contributed by atoms with van der Waals surface area (Å²) in [5, 5.41) is 2.35. The van der Waals surface area contributed by atoms with E-state index in [-0.39, 0.29) is 48.5 Å². The predicted octanol–water partition coefficient (Wildman–Crippen LogP) is 3.11. The topological polar surface area (TPSA) is 50.4 Å². The van der Waals surface area contributed by atoms with Gasteiger partial charge in [-0.15, -0.1) is 24.0 Å². The summed E-state index contributed by atoms with van der Waals surface area (Å²) in [6.45, 7) is 0. The highest BCUT2D eigenvalue weighted by Gasteiger charge is 2.45. The van der Waals surface area contributed by atoms with E-state index in [0.717, 1.165) is 18.2 Å². The van der Waals surface area contributed by atoms with Crippen LogP contribution in [-0.2, 0) is 0 Å². The molecule has 0 aromatic heterocycles. The first kappa shape index (κ1) is 16.0. The van der Waals surface area contributed by atoms with Crippen LogP contribution < -0.4 is 11.1 Å². The number of anilines is 1. The maximum Gasteiger partial charge on any atom is 0.252 e. The highest BCUT2D eigenvalue weighted by atomic mass is 127. The fourth-order valence-electron chi connectivity index (χ4n) is 1.68. The fourth-order valence-corrected chi connectivity index (χ4v) is 1.68. The van der Waals surface area contributed by atoms with Crippen molar-refractivity contribution in [3.05, 3.63) is 29.8 Å². The third-order valence-corrected chi connectivity index (χ3v) is 2.58. The maximum atomic E-state index is 13.2. The van der Waals surface area contributed by atoms with Gasteiger partial charge in [0.05, 0.1) is 11.7 Å². The lowest BCUT2D eigenvalue weighted by Gasteiger charge is -2.32. The quantitative estimate of drug-likeness (QED) is 0.354. The Bertz CT molecular complexity index is 485. The van der Waals surface area contributed by atoms with E-state index in [1.807, 2.05) is 0 Å². The van der Waals surface area contributed by atoms with Gasteiger partial charge in [0.25, 0.3) is 5.92 Å². The summed E-state index contributed by atoms with van der Waals surface area (Å²) in [7, 11) is 0. The van der Waals surface area contributed by atoms with Crippen molar-refractivity contribution >= 4 is 35.6 Å². The van der Waals surface area contributed by atoms with Crippen LogP contribution in [0.15, 0.2) is 23.2 Å². The Morgan fingerprint density at radius 1 is 1.32 bits per heavy atom. The van der Waals surface area contributed by atoms with Gasteiger partial charge in [0.1, 0.15) is 11.6 Å². The maximum absolute atomic E-state index is 13.2. The predicted molar refractivity (Wildman–Crippen MR) is 75.0 cm³/mol. The van der Waals surface area contributed by atoms with Gasteiger partial charge in [-0.25, -0.2) is 22.6 Å². The molecular formula is C11H12F4IN3. The minimum atomic E-state index is -2.70. The normalized spacial score (nSPS) is 18.4. The average Bonchev–Trinajstić information content (AvgIpc) is 2.20. The largest absolute Gasteiger partial charge is 0.370 e. The number of halogens is 5. The summed E-state index contributed by atoms with van der Waals surface area (Å²) in [6, 6.07) is 2.22.